The second-order valence-corrected chi connectivity index (χ2v) is 5.23. The number of benzene rings is 2. The lowest BCUT2D eigenvalue weighted by Gasteiger charge is -2.19. The van der Waals surface area contributed by atoms with Crippen LogP contribution in [0.4, 0.5) is 4.39 Å². The molecule has 17 heavy (non-hydrogen) atoms. The van der Waals surface area contributed by atoms with Crippen LogP contribution in [0.1, 0.15) is 26.3 Å². The molecule has 1 radical (unpaired) electrons. The summed E-state index contributed by atoms with van der Waals surface area (Å²) in [6.45, 7) is 6.50. The molecule has 0 aromatic heterocycles. The molecule has 0 unspecified atom stereocenters. The van der Waals surface area contributed by atoms with Crippen LogP contribution in [0.25, 0.3) is 11.1 Å². The molecular formula is C16H16F. The summed E-state index contributed by atoms with van der Waals surface area (Å²) in [5.41, 5.74) is 2.92. The van der Waals surface area contributed by atoms with Gasteiger partial charge in [0.1, 0.15) is 5.82 Å². The molecule has 0 nitrogen and oxygen atoms in total. The van der Waals surface area contributed by atoms with Crippen molar-refractivity contribution in [1.29, 1.82) is 0 Å². The van der Waals surface area contributed by atoms with E-state index in [1.807, 2.05) is 12.1 Å². The van der Waals surface area contributed by atoms with Gasteiger partial charge in [-0.15, -0.1) is 0 Å². The highest BCUT2D eigenvalue weighted by Crippen LogP contribution is 2.27. The van der Waals surface area contributed by atoms with E-state index in [0.29, 0.717) is 5.56 Å². The van der Waals surface area contributed by atoms with Gasteiger partial charge in [-0.1, -0.05) is 57.2 Å². The Labute approximate surface area is 102 Å². The van der Waals surface area contributed by atoms with Crippen molar-refractivity contribution >= 4 is 0 Å². The standard InChI is InChI=1S/C16H16F/c1-16(2,3)13-10-8-12(9-11-13)14-6-4-5-7-15(14)17/h4,6-11H,1-3H3. The third-order valence-corrected chi connectivity index (χ3v) is 2.88. The highest BCUT2D eigenvalue weighted by atomic mass is 19.1. The second kappa shape index (κ2) is 4.33. The Balaban J connectivity index is 2.40. The van der Waals surface area contributed by atoms with Crippen molar-refractivity contribution in [2.24, 2.45) is 0 Å². The van der Waals surface area contributed by atoms with E-state index in [2.05, 4.69) is 39.0 Å². The highest BCUT2D eigenvalue weighted by molar-refractivity contribution is 5.64. The van der Waals surface area contributed by atoms with Crippen molar-refractivity contribution in [2.45, 2.75) is 26.2 Å². The van der Waals surface area contributed by atoms with Crippen LogP contribution in [0.3, 0.4) is 0 Å². The molecule has 0 aliphatic rings. The molecule has 0 heterocycles. The molecule has 0 fully saturated rings. The Hall–Kier alpha value is -1.63. The van der Waals surface area contributed by atoms with Gasteiger partial charge in [0, 0.05) is 5.56 Å². The van der Waals surface area contributed by atoms with E-state index in [9.17, 15) is 4.39 Å². The van der Waals surface area contributed by atoms with Gasteiger partial charge in [0.15, 0.2) is 0 Å². The largest absolute Gasteiger partial charge is 0.206 e. The van der Waals surface area contributed by atoms with Gasteiger partial charge >= 0.3 is 0 Å². The molecule has 2 aromatic carbocycles. The van der Waals surface area contributed by atoms with Crippen molar-refractivity contribution in [2.75, 3.05) is 0 Å². The third-order valence-electron chi connectivity index (χ3n) is 2.88. The van der Waals surface area contributed by atoms with E-state index >= 15 is 0 Å². The molecule has 0 bridgehead atoms. The molecule has 0 saturated carbocycles. The molecule has 0 aliphatic heterocycles. The van der Waals surface area contributed by atoms with Gasteiger partial charge in [-0.2, -0.15) is 0 Å². The van der Waals surface area contributed by atoms with E-state index in [0.717, 1.165) is 5.56 Å². The van der Waals surface area contributed by atoms with E-state index in [1.165, 1.54) is 11.6 Å². The van der Waals surface area contributed by atoms with Crippen molar-refractivity contribution in [3.05, 3.63) is 59.9 Å². The molecule has 0 saturated heterocycles. The maximum atomic E-state index is 13.6. The van der Waals surface area contributed by atoms with E-state index in [-0.39, 0.29) is 11.2 Å². The van der Waals surface area contributed by atoms with Gasteiger partial charge in [-0.25, -0.2) is 4.39 Å². The van der Waals surface area contributed by atoms with Gasteiger partial charge in [0.2, 0.25) is 0 Å². The first-order chi connectivity index (χ1) is 7.98. The SMILES string of the molecule is CC(C)(C)c1ccc(-c2cc[c]cc2F)cc1. The molecule has 87 valence electrons. The average molecular weight is 227 g/mol. The highest BCUT2D eigenvalue weighted by Gasteiger charge is 2.13. The summed E-state index contributed by atoms with van der Waals surface area (Å²) >= 11 is 0. The summed E-state index contributed by atoms with van der Waals surface area (Å²) in [5.74, 6) is -0.226. The van der Waals surface area contributed by atoms with Crippen LogP contribution < -0.4 is 0 Å². The summed E-state index contributed by atoms with van der Waals surface area (Å²) in [5, 5.41) is 0. The Morgan fingerprint density at radius 3 is 2.18 bits per heavy atom. The lowest BCUT2D eigenvalue weighted by molar-refractivity contribution is 0.590. The topological polar surface area (TPSA) is 0 Å². The summed E-state index contributed by atoms with van der Waals surface area (Å²) in [6, 6.07) is 15.6. The normalized spacial score (nSPS) is 11.5. The fraction of sp³-hybridized carbons (Fsp3) is 0.250. The van der Waals surface area contributed by atoms with Crippen LogP contribution >= 0.6 is 0 Å². The quantitative estimate of drug-likeness (QED) is 0.668. The molecule has 0 spiro atoms. The zero-order valence-corrected chi connectivity index (χ0v) is 10.4. The minimum absolute atomic E-state index is 0.127. The summed E-state index contributed by atoms with van der Waals surface area (Å²) in [4.78, 5) is 0. The fourth-order valence-corrected chi connectivity index (χ4v) is 1.79. The van der Waals surface area contributed by atoms with E-state index in [4.69, 9.17) is 0 Å². The second-order valence-electron chi connectivity index (χ2n) is 5.23. The maximum Gasteiger partial charge on any atom is 0.131 e. The Morgan fingerprint density at radius 2 is 1.65 bits per heavy atom. The molecule has 0 atom stereocenters. The van der Waals surface area contributed by atoms with Crippen LogP contribution in [0.5, 0.6) is 0 Å². The summed E-state index contributed by atoms with van der Waals surface area (Å²) in [6.07, 6.45) is 0. The number of hydrogen-bond acceptors (Lipinski definition) is 0. The van der Waals surface area contributed by atoms with Crippen LogP contribution in [0.2, 0.25) is 0 Å². The monoisotopic (exact) mass is 227 g/mol. The molecule has 0 N–H and O–H groups in total. The third kappa shape index (κ3) is 2.55. The zero-order valence-electron chi connectivity index (χ0n) is 10.4. The minimum atomic E-state index is -0.226. The van der Waals surface area contributed by atoms with Crippen molar-refractivity contribution < 1.29 is 4.39 Å². The summed E-state index contributed by atoms with van der Waals surface area (Å²) < 4.78 is 13.6. The van der Waals surface area contributed by atoms with Crippen molar-refractivity contribution in [3.63, 3.8) is 0 Å². The van der Waals surface area contributed by atoms with E-state index in [1.54, 1.807) is 12.1 Å². The number of hydrogen-bond donors (Lipinski definition) is 0. The van der Waals surface area contributed by atoms with Crippen LogP contribution in [-0.4, -0.2) is 0 Å². The van der Waals surface area contributed by atoms with Crippen LogP contribution in [-0.2, 0) is 5.41 Å². The van der Waals surface area contributed by atoms with Gasteiger partial charge in [0.25, 0.3) is 0 Å². The molecule has 2 aromatic rings. The van der Waals surface area contributed by atoms with Crippen LogP contribution in [0, 0.1) is 11.9 Å². The smallest absolute Gasteiger partial charge is 0.131 e. The van der Waals surface area contributed by atoms with Gasteiger partial charge in [0.05, 0.1) is 0 Å². The lowest BCUT2D eigenvalue weighted by Crippen LogP contribution is -2.10. The molecule has 0 amide bonds. The predicted molar refractivity (Wildman–Crippen MR) is 69.4 cm³/mol. The predicted octanol–water partition coefficient (Wildman–Crippen LogP) is 4.59. The van der Waals surface area contributed by atoms with Crippen LogP contribution in [0.15, 0.2) is 42.5 Å². The number of rotatable bonds is 1. The Kier molecular flexibility index (Phi) is 3.01. The fourth-order valence-electron chi connectivity index (χ4n) is 1.79. The minimum Gasteiger partial charge on any atom is -0.206 e. The summed E-state index contributed by atoms with van der Waals surface area (Å²) in [7, 11) is 0. The molecule has 2 rings (SSSR count). The molecular weight excluding hydrogens is 211 g/mol. The van der Waals surface area contributed by atoms with Gasteiger partial charge in [-0.05, 0) is 28.7 Å². The van der Waals surface area contributed by atoms with Crippen molar-refractivity contribution in [1.82, 2.24) is 0 Å². The van der Waals surface area contributed by atoms with Gasteiger partial charge in [-0.3, -0.25) is 0 Å². The average Bonchev–Trinajstić information content (AvgIpc) is 2.29. The zero-order chi connectivity index (χ0) is 12.5. The molecule has 1 heteroatoms. The first kappa shape index (κ1) is 11.8. The Bertz CT molecular complexity index is 504. The number of halogens is 1. The van der Waals surface area contributed by atoms with E-state index < -0.39 is 0 Å². The molecule has 0 aliphatic carbocycles. The maximum absolute atomic E-state index is 13.6. The lowest BCUT2D eigenvalue weighted by atomic mass is 9.86. The Morgan fingerprint density at radius 1 is 1.00 bits per heavy atom. The first-order valence-corrected chi connectivity index (χ1v) is 5.75. The van der Waals surface area contributed by atoms with Crippen molar-refractivity contribution in [3.8, 4) is 11.1 Å². The first-order valence-electron chi connectivity index (χ1n) is 5.75. The van der Waals surface area contributed by atoms with Gasteiger partial charge < -0.3 is 0 Å².